The predicted octanol–water partition coefficient (Wildman–Crippen LogP) is 2.59. The third-order valence-electron chi connectivity index (χ3n) is 5.94. The third kappa shape index (κ3) is 3.43. The van der Waals surface area contributed by atoms with E-state index in [0.717, 1.165) is 18.5 Å². The van der Waals surface area contributed by atoms with Gasteiger partial charge in [-0.2, -0.15) is 0 Å². The number of carbonyl (C=O) groups is 3. The van der Waals surface area contributed by atoms with Crippen LogP contribution >= 0.6 is 0 Å². The van der Waals surface area contributed by atoms with Gasteiger partial charge in [-0.3, -0.25) is 19.3 Å². The van der Waals surface area contributed by atoms with Gasteiger partial charge in [0.15, 0.2) is 0 Å². The van der Waals surface area contributed by atoms with Crippen molar-refractivity contribution in [3.63, 3.8) is 0 Å². The van der Waals surface area contributed by atoms with Gasteiger partial charge < -0.3 is 14.8 Å². The van der Waals surface area contributed by atoms with Crippen molar-refractivity contribution in [3.8, 4) is 0 Å². The Morgan fingerprint density at radius 3 is 2.56 bits per heavy atom. The van der Waals surface area contributed by atoms with Gasteiger partial charge in [0, 0.05) is 49.6 Å². The first-order valence-corrected chi connectivity index (χ1v) is 10.7. The molecule has 32 heavy (non-hydrogen) atoms. The van der Waals surface area contributed by atoms with Crippen LogP contribution in [-0.2, 0) is 11.3 Å². The van der Waals surface area contributed by atoms with Crippen molar-refractivity contribution in [2.75, 3.05) is 18.0 Å². The highest BCUT2D eigenvalue weighted by Crippen LogP contribution is 2.45. The Morgan fingerprint density at radius 1 is 0.969 bits per heavy atom. The maximum absolute atomic E-state index is 13.3. The lowest BCUT2D eigenvalue weighted by Gasteiger charge is -2.40. The topological polar surface area (TPSA) is 87.5 Å². The summed E-state index contributed by atoms with van der Waals surface area (Å²) < 4.78 is 1.96. The summed E-state index contributed by atoms with van der Waals surface area (Å²) in [5.74, 6) is -0.412. The molecule has 3 heterocycles. The van der Waals surface area contributed by atoms with E-state index < -0.39 is 6.17 Å². The molecule has 8 nitrogen and oxygen atoms in total. The number of nitrogens with zero attached hydrogens (tertiary/aromatic N) is 4. The molecule has 3 aromatic rings. The third-order valence-corrected chi connectivity index (χ3v) is 5.94. The molecule has 1 atom stereocenters. The number of amides is 3. The number of anilines is 1. The first kappa shape index (κ1) is 20.0. The molecule has 0 spiro atoms. The van der Waals surface area contributed by atoms with Crippen LogP contribution in [0.15, 0.2) is 67.3 Å². The van der Waals surface area contributed by atoms with Crippen LogP contribution in [0.1, 0.15) is 45.3 Å². The highest BCUT2D eigenvalue weighted by molar-refractivity contribution is 6.16. The molecule has 3 amide bonds. The molecule has 1 unspecified atom stereocenters. The number of imidazole rings is 1. The SMILES string of the molecule is O=C(CCN1C(=O)c2ccccc2N2C(=O)c3ccccc3C12)NCCCn1ccnc1. The number of benzene rings is 2. The summed E-state index contributed by atoms with van der Waals surface area (Å²) in [4.78, 5) is 46.2. The number of hydrogen-bond acceptors (Lipinski definition) is 4. The minimum Gasteiger partial charge on any atom is -0.356 e. The molecule has 0 fully saturated rings. The molecule has 8 heteroatoms. The Bertz CT molecular complexity index is 1170. The lowest BCUT2D eigenvalue weighted by Crippen LogP contribution is -2.49. The van der Waals surface area contributed by atoms with Crippen LogP contribution in [0.2, 0.25) is 0 Å². The summed E-state index contributed by atoms with van der Waals surface area (Å²) >= 11 is 0. The number of aromatic nitrogens is 2. The molecular weight excluding hydrogens is 406 g/mol. The van der Waals surface area contributed by atoms with Crippen molar-refractivity contribution in [2.24, 2.45) is 0 Å². The summed E-state index contributed by atoms with van der Waals surface area (Å²) in [6.07, 6.45) is 5.77. The molecular formula is C24H23N5O3. The van der Waals surface area contributed by atoms with Crippen molar-refractivity contribution in [3.05, 3.63) is 83.9 Å². The van der Waals surface area contributed by atoms with Crippen molar-refractivity contribution in [1.29, 1.82) is 0 Å². The number of nitrogens with one attached hydrogen (secondary N) is 1. The van der Waals surface area contributed by atoms with Gasteiger partial charge in [-0.15, -0.1) is 0 Å². The zero-order valence-corrected chi connectivity index (χ0v) is 17.5. The summed E-state index contributed by atoms with van der Waals surface area (Å²) in [6.45, 7) is 1.55. The van der Waals surface area contributed by atoms with Crippen LogP contribution in [-0.4, -0.2) is 45.3 Å². The van der Waals surface area contributed by atoms with E-state index in [1.807, 2.05) is 35.0 Å². The average Bonchev–Trinajstić information content (AvgIpc) is 3.44. The summed E-state index contributed by atoms with van der Waals surface area (Å²) in [6, 6.07) is 14.5. The van der Waals surface area contributed by atoms with Crippen molar-refractivity contribution in [2.45, 2.75) is 25.6 Å². The summed E-state index contributed by atoms with van der Waals surface area (Å²) in [5, 5.41) is 2.92. The van der Waals surface area contributed by atoms with Crippen LogP contribution in [0.25, 0.3) is 0 Å². The fourth-order valence-electron chi connectivity index (χ4n) is 4.42. The molecule has 0 saturated heterocycles. The lowest BCUT2D eigenvalue weighted by molar-refractivity contribution is -0.121. The van der Waals surface area contributed by atoms with Crippen LogP contribution in [0.4, 0.5) is 5.69 Å². The largest absolute Gasteiger partial charge is 0.356 e. The Morgan fingerprint density at radius 2 is 1.75 bits per heavy atom. The number of aryl methyl sites for hydroxylation is 1. The van der Waals surface area contributed by atoms with E-state index in [1.54, 1.807) is 46.6 Å². The number of carbonyl (C=O) groups excluding carboxylic acids is 3. The average molecular weight is 429 g/mol. The van der Waals surface area contributed by atoms with E-state index in [4.69, 9.17) is 0 Å². The molecule has 2 aliphatic rings. The van der Waals surface area contributed by atoms with E-state index in [9.17, 15) is 14.4 Å². The van der Waals surface area contributed by atoms with E-state index in [-0.39, 0.29) is 30.7 Å². The summed E-state index contributed by atoms with van der Waals surface area (Å²) in [7, 11) is 0. The van der Waals surface area contributed by atoms with Crippen molar-refractivity contribution < 1.29 is 14.4 Å². The standard InChI is InChI=1S/C24H23N5O3/c30-21(26-11-5-13-27-15-12-25-16-27)10-14-28-22-17-6-1-2-7-18(17)24(32)29(22)20-9-4-3-8-19(20)23(28)31/h1-4,6-9,12,15-16,22H,5,10-11,13-14H2,(H,26,30). The number of rotatable bonds is 7. The highest BCUT2D eigenvalue weighted by atomic mass is 16.2. The molecule has 2 aliphatic heterocycles. The first-order valence-electron chi connectivity index (χ1n) is 10.7. The van der Waals surface area contributed by atoms with E-state index in [0.29, 0.717) is 23.4 Å². The molecule has 1 aromatic heterocycles. The van der Waals surface area contributed by atoms with Gasteiger partial charge in [-0.05, 0) is 24.6 Å². The van der Waals surface area contributed by atoms with Crippen LogP contribution in [0.5, 0.6) is 0 Å². The second-order valence-electron chi connectivity index (χ2n) is 7.91. The monoisotopic (exact) mass is 429 g/mol. The lowest BCUT2D eigenvalue weighted by atomic mass is 10.0. The molecule has 2 aromatic carbocycles. The van der Waals surface area contributed by atoms with E-state index in [1.165, 1.54) is 0 Å². The molecule has 0 saturated carbocycles. The first-order chi connectivity index (χ1) is 15.6. The Hall–Kier alpha value is -3.94. The quantitative estimate of drug-likeness (QED) is 0.585. The molecule has 5 rings (SSSR count). The summed E-state index contributed by atoms with van der Waals surface area (Å²) in [5.41, 5.74) is 2.48. The normalized spacial score (nSPS) is 16.6. The molecule has 0 radical (unpaired) electrons. The second-order valence-corrected chi connectivity index (χ2v) is 7.91. The maximum Gasteiger partial charge on any atom is 0.260 e. The van der Waals surface area contributed by atoms with Crippen LogP contribution < -0.4 is 10.2 Å². The van der Waals surface area contributed by atoms with Crippen molar-refractivity contribution >= 4 is 23.4 Å². The van der Waals surface area contributed by atoms with E-state index >= 15 is 0 Å². The highest BCUT2D eigenvalue weighted by Gasteiger charge is 2.47. The minimum atomic E-state index is -0.532. The van der Waals surface area contributed by atoms with Gasteiger partial charge in [0.25, 0.3) is 11.8 Å². The van der Waals surface area contributed by atoms with Gasteiger partial charge in [-0.1, -0.05) is 30.3 Å². The molecule has 0 bridgehead atoms. The molecule has 1 N–H and O–H groups in total. The number of para-hydroxylation sites is 1. The van der Waals surface area contributed by atoms with Crippen LogP contribution in [0.3, 0.4) is 0 Å². The number of hydrogen-bond donors (Lipinski definition) is 1. The van der Waals surface area contributed by atoms with Gasteiger partial charge >= 0.3 is 0 Å². The Labute approximate surface area is 185 Å². The maximum atomic E-state index is 13.3. The van der Waals surface area contributed by atoms with E-state index in [2.05, 4.69) is 10.3 Å². The molecule has 0 aliphatic carbocycles. The van der Waals surface area contributed by atoms with Gasteiger partial charge in [-0.25, -0.2) is 4.98 Å². The van der Waals surface area contributed by atoms with Gasteiger partial charge in [0.2, 0.25) is 5.91 Å². The zero-order chi connectivity index (χ0) is 22.1. The zero-order valence-electron chi connectivity index (χ0n) is 17.5. The van der Waals surface area contributed by atoms with Gasteiger partial charge in [0.05, 0.1) is 17.6 Å². The predicted molar refractivity (Wildman–Crippen MR) is 118 cm³/mol. The van der Waals surface area contributed by atoms with Crippen molar-refractivity contribution in [1.82, 2.24) is 19.8 Å². The molecule has 162 valence electrons. The number of fused-ring (bicyclic) bond motifs is 5. The van der Waals surface area contributed by atoms with Crippen LogP contribution in [0, 0.1) is 0 Å². The Balaban J connectivity index is 1.30. The second kappa shape index (κ2) is 8.30. The fraction of sp³-hybridized carbons (Fsp3) is 0.250. The Kier molecular flexibility index (Phi) is 5.18. The minimum absolute atomic E-state index is 0.119. The fourth-order valence-corrected chi connectivity index (χ4v) is 4.42. The smallest absolute Gasteiger partial charge is 0.260 e. The van der Waals surface area contributed by atoms with Gasteiger partial charge in [0.1, 0.15) is 6.17 Å².